The zero-order chi connectivity index (χ0) is 14.9. The Morgan fingerprint density at radius 2 is 2.20 bits per heavy atom. The molecular formula is C11H13ClF3N3O2. The Morgan fingerprint density at radius 1 is 1.55 bits per heavy atom. The first-order valence-corrected chi connectivity index (χ1v) is 6.40. The average molecular weight is 312 g/mol. The van der Waals surface area contributed by atoms with E-state index in [1.807, 2.05) is 0 Å². The highest BCUT2D eigenvalue weighted by molar-refractivity contribution is 6.32. The van der Waals surface area contributed by atoms with E-state index in [1.54, 1.807) is 0 Å². The predicted octanol–water partition coefficient (Wildman–Crippen LogP) is 1.64. The summed E-state index contributed by atoms with van der Waals surface area (Å²) in [6, 6.07) is 0. The van der Waals surface area contributed by atoms with Gasteiger partial charge in [-0.2, -0.15) is 18.3 Å². The first kappa shape index (κ1) is 15.1. The number of aromatic nitrogens is 2. The molecule has 1 saturated carbocycles. The summed E-state index contributed by atoms with van der Waals surface area (Å²) in [4.78, 5) is 11.6. The molecule has 9 heteroatoms. The zero-order valence-corrected chi connectivity index (χ0v) is 11.1. The van der Waals surface area contributed by atoms with Crippen molar-refractivity contribution < 1.29 is 18.3 Å². The number of rotatable bonds is 5. The van der Waals surface area contributed by atoms with Crippen LogP contribution in [-0.2, 0) is 6.54 Å². The topological polar surface area (TPSA) is 67.2 Å². The van der Waals surface area contributed by atoms with Crippen molar-refractivity contribution in [2.75, 3.05) is 11.9 Å². The second kappa shape index (κ2) is 5.61. The van der Waals surface area contributed by atoms with Gasteiger partial charge in [0.1, 0.15) is 11.6 Å². The molecule has 1 aliphatic carbocycles. The summed E-state index contributed by atoms with van der Waals surface area (Å²) < 4.78 is 36.9. The zero-order valence-electron chi connectivity index (χ0n) is 10.3. The summed E-state index contributed by atoms with van der Waals surface area (Å²) >= 11 is 5.72. The van der Waals surface area contributed by atoms with Crippen molar-refractivity contribution in [1.82, 2.24) is 9.78 Å². The van der Waals surface area contributed by atoms with Crippen LogP contribution in [0.4, 0.5) is 18.9 Å². The number of alkyl halides is 3. The van der Waals surface area contributed by atoms with Gasteiger partial charge in [0.15, 0.2) is 0 Å². The predicted molar refractivity (Wildman–Crippen MR) is 66.8 cm³/mol. The normalized spacial score (nSPS) is 17.1. The molecule has 1 heterocycles. The third-order valence-electron chi connectivity index (χ3n) is 2.98. The fourth-order valence-corrected chi connectivity index (χ4v) is 1.95. The van der Waals surface area contributed by atoms with Crippen molar-refractivity contribution in [2.45, 2.75) is 31.7 Å². The van der Waals surface area contributed by atoms with Gasteiger partial charge in [-0.1, -0.05) is 11.6 Å². The van der Waals surface area contributed by atoms with Crippen molar-refractivity contribution in [3.8, 4) is 0 Å². The molecule has 5 nitrogen and oxygen atoms in total. The molecule has 1 aliphatic rings. The van der Waals surface area contributed by atoms with E-state index in [2.05, 4.69) is 10.4 Å². The van der Waals surface area contributed by atoms with Gasteiger partial charge < -0.3 is 10.4 Å². The van der Waals surface area contributed by atoms with E-state index in [1.165, 1.54) is 0 Å². The molecule has 2 N–H and O–H groups in total. The van der Waals surface area contributed by atoms with Gasteiger partial charge in [-0.3, -0.25) is 4.79 Å². The van der Waals surface area contributed by atoms with Crippen molar-refractivity contribution in [1.29, 1.82) is 0 Å². The Hall–Kier alpha value is -1.28. The van der Waals surface area contributed by atoms with Gasteiger partial charge in [0.25, 0.3) is 5.56 Å². The maximum Gasteiger partial charge on any atom is 0.408 e. The molecule has 0 bridgehead atoms. The van der Waals surface area contributed by atoms with Crippen LogP contribution in [-0.4, -0.2) is 33.7 Å². The van der Waals surface area contributed by atoms with Crippen LogP contribution in [0, 0.1) is 5.92 Å². The minimum Gasteiger partial charge on any atom is -0.391 e. The van der Waals surface area contributed by atoms with E-state index in [0.717, 1.165) is 19.0 Å². The largest absolute Gasteiger partial charge is 0.408 e. The number of nitrogens with one attached hydrogen (secondary N) is 1. The standard InChI is InChI=1S/C11H13ClF3N3O2/c12-9-7(16-4-8(19)6-1-2-6)3-17-18(10(9)20)5-11(13,14)15/h3,6,8,16,19H,1-2,4-5H2. The lowest BCUT2D eigenvalue weighted by molar-refractivity contribution is -0.143. The average Bonchev–Trinajstić information content (AvgIpc) is 3.16. The first-order chi connectivity index (χ1) is 9.28. The lowest BCUT2D eigenvalue weighted by atomic mass is 10.2. The molecule has 1 unspecified atom stereocenters. The third-order valence-corrected chi connectivity index (χ3v) is 3.35. The minimum absolute atomic E-state index is 0.120. The summed E-state index contributed by atoms with van der Waals surface area (Å²) in [6.07, 6.45) is -2.17. The van der Waals surface area contributed by atoms with Crippen LogP contribution >= 0.6 is 11.6 Å². The fraction of sp³-hybridized carbons (Fsp3) is 0.636. The van der Waals surface area contributed by atoms with E-state index in [4.69, 9.17) is 11.6 Å². The Balaban J connectivity index is 2.07. The Morgan fingerprint density at radius 3 is 2.75 bits per heavy atom. The number of aliphatic hydroxyl groups is 1. The summed E-state index contributed by atoms with van der Waals surface area (Å²) in [5.41, 5.74) is -0.898. The van der Waals surface area contributed by atoms with Crippen LogP contribution in [0.2, 0.25) is 5.02 Å². The smallest absolute Gasteiger partial charge is 0.391 e. The van der Waals surface area contributed by atoms with Crippen LogP contribution in [0.1, 0.15) is 12.8 Å². The Bertz CT molecular complexity index is 543. The molecule has 0 aromatic carbocycles. The SMILES string of the molecule is O=c1c(Cl)c(NCC(O)C2CC2)cnn1CC(F)(F)F. The van der Waals surface area contributed by atoms with Gasteiger partial charge >= 0.3 is 6.18 Å². The van der Waals surface area contributed by atoms with Crippen molar-refractivity contribution >= 4 is 17.3 Å². The number of nitrogens with zero attached hydrogens (tertiary/aromatic N) is 2. The number of hydrogen-bond donors (Lipinski definition) is 2. The number of aliphatic hydroxyl groups excluding tert-OH is 1. The van der Waals surface area contributed by atoms with Crippen LogP contribution in [0.5, 0.6) is 0 Å². The van der Waals surface area contributed by atoms with Crippen LogP contribution in [0.3, 0.4) is 0 Å². The molecule has 0 amide bonds. The molecule has 2 rings (SSSR count). The number of halogens is 4. The van der Waals surface area contributed by atoms with Gasteiger partial charge in [-0.15, -0.1) is 0 Å². The van der Waals surface area contributed by atoms with Crippen molar-refractivity contribution in [3.05, 3.63) is 21.6 Å². The first-order valence-electron chi connectivity index (χ1n) is 6.02. The van der Waals surface area contributed by atoms with Crippen molar-refractivity contribution in [3.63, 3.8) is 0 Å². The van der Waals surface area contributed by atoms with E-state index < -0.39 is 24.4 Å². The van der Waals surface area contributed by atoms with E-state index in [0.29, 0.717) is 0 Å². The second-order valence-corrected chi connectivity index (χ2v) is 5.11. The summed E-state index contributed by atoms with van der Waals surface area (Å²) in [6.45, 7) is -1.31. The Kier molecular flexibility index (Phi) is 4.24. The molecule has 1 atom stereocenters. The van der Waals surface area contributed by atoms with Gasteiger partial charge in [0.2, 0.25) is 0 Å². The summed E-state index contributed by atoms with van der Waals surface area (Å²) in [7, 11) is 0. The van der Waals surface area contributed by atoms with E-state index >= 15 is 0 Å². The Labute approximate surface area is 117 Å². The molecule has 0 saturated heterocycles. The van der Waals surface area contributed by atoms with E-state index in [9.17, 15) is 23.1 Å². The third kappa shape index (κ3) is 3.86. The molecule has 0 aliphatic heterocycles. The number of hydrogen-bond acceptors (Lipinski definition) is 4. The highest BCUT2D eigenvalue weighted by Crippen LogP contribution is 2.32. The highest BCUT2D eigenvalue weighted by atomic mass is 35.5. The molecule has 0 spiro atoms. The van der Waals surface area contributed by atoms with Crippen LogP contribution in [0.15, 0.2) is 11.0 Å². The molecule has 112 valence electrons. The summed E-state index contributed by atoms with van der Waals surface area (Å²) in [5.74, 6) is 0.236. The van der Waals surface area contributed by atoms with Gasteiger partial charge in [0, 0.05) is 6.54 Å². The monoisotopic (exact) mass is 311 g/mol. The maximum atomic E-state index is 12.2. The molecule has 1 aromatic heterocycles. The van der Waals surface area contributed by atoms with Gasteiger partial charge in [0.05, 0.1) is 18.0 Å². The molecular weight excluding hydrogens is 299 g/mol. The van der Waals surface area contributed by atoms with Crippen molar-refractivity contribution in [2.24, 2.45) is 5.92 Å². The fourth-order valence-electron chi connectivity index (χ4n) is 1.73. The number of anilines is 1. The van der Waals surface area contributed by atoms with Gasteiger partial charge in [-0.05, 0) is 18.8 Å². The molecule has 1 fully saturated rings. The van der Waals surface area contributed by atoms with Crippen LogP contribution in [0.25, 0.3) is 0 Å². The van der Waals surface area contributed by atoms with E-state index in [-0.39, 0.29) is 27.9 Å². The summed E-state index contributed by atoms with van der Waals surface area (Å²) in [5, 5.41) is 15.4. The maximum absolute atomic E-state index is 12.2. The highest BCUT2D eigenvalue weighted by Gasteiger charge is 2.31. The second-order valence-electron chi connectivity index (χ2n) is 4.74. The van der Waals surface area contributed by atoms with Gasteiger partial charge in [-0.25, -0.2) is 4.68 Å². The lowest BCUT2D eigenvalue weighted by Crippen LogP contribution is -2.31. The quantitative estimate of drug-likeness (QED) is 0.867. The van der Waals surface area contributed by atoms with Crippen LogP contribution < -0.4 is 10.9 Å². The lowest BCUT2D eigenvalue weighted by Gasteiger charge is -2.14. The molecule has 1 aromatic rings. The minimum atomic E-state index is -4.54. The molecule has 20 heavy (non-hydrogen) atoms. The molecule has 0 radical (unpaired) electrons.